The lowest BCUT2D eigenvalue weighted by molar-refractivity contribution is -0.144. The first kappa shape index (κ1) is 53.0. The molecule has 0 aliphatic carbocycles. The molecule has 2 aromatic heterocycles. The van der Waals surface area contributed by atoms with E-state index in [9.17, 15) is 29.4 Å². The minimum Gasteiger partial charge on any atom is -0.491 e. The van der Waals surface area contributed by atoms with Gasteiger partial charge in [-0.25, -0.2) is 13.8 Å². The molecule has 382 valence electrons. The minimum atomic E-state index is -1.01. The zero-order valence-electron chi connectivity index (χ0n) is 41.0. The number of carbonyl (C=O) groups excluding carboxylic acids is 3. The van der Waals surface area contributed by atoms with Crippen LogP contribution in [0.2, 0.25) is 0 Å². The molecule has 5 N–H and O–H groups in total. The fourth-order valence-corrected chi connectivity index (χ4v) is 10.0. The van der Waals surface area contributed by atoms with Crippen molar-refractivity contribution >= 4 is 45.9 Å². The highest BCUT2D eigenvalue weighted by molar-refractivity contribution is 7.13. The highest BCUT2D eigenvalue weighted by Gasteiger charge is 2.45. The number of nitrogens with zero attached hydrogens (tertiary/aromatic N) is 3. The van der Waals surface area contributed by atoms with E-state index in [1.54, 1.807) is 44.5 Å². The number of β-amino-alcohol motifs (C(OH)–C–C–N with tert-alkyl or cyclic N) is 1. The molecule has 1 fully saturated rings. The highest BCUT2D eigenvalue weighted by atomic mass is 32.1. The van der Waals surface area contributed by atoms with Crippen LogP contribution in [0.4, 0.5) is 8.78 Å². The lowest BCUT2D eigenvalue weighted by Crippen LogP contribution is -2.58. The number of aromatic nitrogens is 2. The molecule has 2 aliphatic rings. The normalized spacial score (nSPS) is 19.1. The third kappa shape index (κ3) is 13.0. The fourth-order valence-electron chi connectivity index (χ4n) is 9.21. The van der Waals surface area contributed by atoms with Crippen LogP contribution in [0.25, 0.3) is 21.3 Å². The Balaban J connectivity index is 0.812. The number of ether oxygens (including phenoxy) is 4. The average Bonchev–Trinajstić information content (AvgIpc) is 4.05. The third-order valence-corrected chi connectivity index (χ3v) is 13.9. The summed E-state index contributed by atoms with van der Waals surface area (Å²) in [6.45, 7) is 11.5. The maximum atomic E-state index is 16.0. The summed E-state index contributed by atoms with van der Waals surface area (Å²) in [5.74, 6) is -4.84. The van der Waals surface area contributed by atoms with Crippen molar-refractivity contribution in [2.75, 3.05) is 59.3 Å². The Bertz CT molecular complexity index is 2630. The second-order valence-corrected chi connectivity index (χ2v) is 20.2. The Kier molecular flexibility index (Phi) is 17.6. The van der Waals surface area contributed by atoms with Crippen LogP contribution in [0, 0.1) is 29.9 Å². The molecule has 6 atom stereocenters. The molecule has 0 radical (unpaired) electrons. The van der Waals surface area contributed by atoms with Gasteiger partial charge >= 0.3 is 5.97 Å². The van der Waals surface area contributed by atoms with E-state index in [1.165, 1.54) is 4.90 Å². The number of halogens is 2. The maximum absolute atomic E-state index is 16.0. The van der Waals surface area contributed by atoms with E-state index in [0.717, 1.165) is 50.3 Å². The number of aryl methyl sites for hydroxylation is 1. The van der Waals surface area contributed by atoms with Crippen LogP contribution in [0.1, 0.15) is 75.2 Å². The molecule has 4 heterocycles. The van der Waals surface area contributed by atoms with Crippen LogP contribution in [-0.2, 0) is 46.4 Å². The zero-order chi connectivity index (χ0) is 51.0. The molecular weight excluding hydrogens is 939 g/mol. The predicted molar refractivity (Wildman–Crippen MR) is 263 cm³/mol. The smallest absolute Gasteiger partial charge is 0.307 e. The molecule has 0 saturated carbocycles. The summed E-state index contributed by atoms with van der Waals surface area (Å²) in [6.07, 6.45) is -0.252. The van der Waals surface area contributed by atoms with Gasteiger partial charge in [-0.2, -0.15) is 0 Å². The molecule has 19 heteroatoms. The molecule has 0 spiro atoms. The summed E-state index contributed by atoms with van der Waals surface area (Å²) in [5, 5.41) is 26.9. The number of rotatable bonds is 22. The SMILES string of the molecule is Cc1ncsc1-c1ccc(CNC(=O)[C@@H]2C[C@@H](O)CN2C(=O)[C@@H](NC(=O)COCCOCCOCCOc2cc(F)c([C@@H]3c4[nH]c5ccccc5c4C[C@@H](C)N3C[C@H](C)C(=O)O)c(F)c2)C(C)(C)C)cc1. The van der Waals surface area contributed by atoms with Gasteiger partial charge in [-0.15, -0.1) is 11.3 Å². The number of hydrogen-bond donors (Lipinski definition) is 5. The number of aliphatic hydroxyl groups excluding tert-OH is 1. The van der Waals surface area contributed by atoms with Crippen molar-refractivity contribution in [2.45, 2.75) is 91.2 Å². The average molecular weight is 1000 g/mol. The molecule has 71 heavy (non-hydrogen) atoms. The minimum absolute atomic E-state index is 0.000343. The van der Waals surface area contributed by atoms with Crippen molar-refractivity contribution < 1.29 is 57.1 Å². The Labute approximate surface area is 416 Å². The molecule has 3 amide bonds. The molecule has 0 bridgehead atoms. The summed E-state index contributed by atoms with van der Waals surface area (Å²) in [7, 11) is 0. The molecule has 16 nitrogen and oxygen atoms in total. The van der Waals surface area contributed by atoms with Gasteiger partial charge in [0.15, 0.2) is 0 Å². The quantitative estimate of drug-likeness (QED) is 0.0494. The van der Waals surface area contributed by atoms with Gasteiger partial charge in [-0.3, -0.25) is 24.1 Å². The van der Waals surface area contributed by atoms with E-state index < -0.39 is 70.9 Å². The van der Waals surface area contributed by atoms with Crippen molar-refractivity contribution in [3.63, 3.8) is 0 Å². The Morgan fingerprint density at radius 1 is 0.958 bits per heavy atom. The number of carbonyl (C=O) groups is 4. The van der Waals surface area contributed by atoms with Crippen LogP contribution < -0.4 is 15.4 Å². The summed E-state index contributed by atoms with van der Waals surface area (Å²) in [5.41, 5.74) is 6.14. The first-order valence-electron chi connectivity index (χ1n) is 23.9. The standard InChI is InChI=1S/C52H64F2N6O10S/c1-30(51(65)66)26-59-31(2)21-38-37-9-7-8-10-41(37)57-45(38)46(59)44-39(53)23-36(24-40(44)54)70-20-19-68-16-15-67-17-18-69-28-43(62)58-48(52(4,5)6)50(64)60-27-35(61)22-42(60)49(63)55-25-33-11-13-34(14-12-33)47-32(3)56-29-71-47/h7-14,23-24,29-31,35,42,46,48,57,61H,15-22,25-28H2,1-6H3,(H,55,63)(H,58,62)(H,65,66)/t30-,31+,35+,42-,46+,48+/m0/s1. The third-order valence-electron chi connectivity index (χ3n) is 12.9. The predicted octanol–water partition coefficient (Wildman–Crippen LogP) is 6.17. The number of fused-ring (bicyclic) bond motifs is 3. The van der Waals surface area contributed by atoms with Gasteiger partial charge in [0.1, 0.15) is 42.7 Å². The van der Waals surface area contributed by atoms with Gasteiger partial charge in [0.05, 0.1) is 67.2 Å². The number of carboxylic acids is 1. The van der Waals surface area contributed by atoms with E-state index in [2.05, 4.69) is 20.6 Å². The second kappa shape index (κ2) is 23.6. The monoisotopic (exact) mass is 1000 g/mol. The lowest BCUT2D eigenvalue weighted by atomic mass is 9.85. The Morgan fingerprint density at radius 2 is 1.62 bits per heavy atom. The molecule has 7 rings (SSSR count). The van der Waals surface area contributed by atoms with Gasteiger partial charge in [0, 0.05) is 66.4 Å². The van der Waals surface area contributed by atoms with E-state index in [-0.39, 0.29) is 89.7 Å². The summed E-state index contributed by atoms with van der Waals surface area (Å²) < 4.78 is 54.4. The number of aliphatic carboxylic acids is 1. The number of carboxylic acid groups (broad SMARTS) is 1. The number of aliphatic hydroxyl groups is 1. The Hall–Kier alpha value is -5.83. The number of para-hydroxylation sites is 1. The van der Waals surface area contributed by atoms with Crippen LogP contribution in [0.5, 0.6) is 5.75 Å². The largest absolute Gasteiger partial charge is 0.491 e. The van der Waals surface area contributed by atoms with E-state index in [4.69, 9.17) is 18.9 Å². The molecule has 3 aromatic carbocycles. The number of H-pyrrole nitrogens is 1. The van der Waals surface area contributed by atoms with Crippen molar-refractivity contribution in [2.24, 2.45) is 11.3 Å². The fraction of sp³-hybridized carbons (Fsp3) is 0.481. The molecule has 0 unspecified atom stereocenters. The van der Waals surface area contributed by atoms with E-state index >= 15 is 8.78 Å². The van der Waals surface area contributed by atoms with Crippen molar-refractivity contribution in [3.8, 4) is 16.2 Å². The molecular formula is C52H64F2N6O10S. The van der Waals surface area contributed by atoms with Crippen molar-refractivity contribution in [1.82, 2.24) is 30.4 Å². The highest BCUT2D eigenvalue weighted by Crippen LogP contribution is 2.43. The van der Waals surface area contributed by atoms with Crippen molar-refractivity contribution in [1.29, 1.82) is 0 Å². The van der Waals surface area contributed by atoms with E-state index in [1.807, 2.05) is 67.3 Å². The number of thiazole rings is 1. The topological polar surface area (TPSA) is 205 Å². The van der Waals surface area contributed by atoms with Crippen LogP contribution in [-0.4, -0.2) is 137 Å². The first-order valence-corrected chi connectivity index (χ1v) is 24.8. The van der Waals surface area contributed by atoms with Crippen molar-refractivity contribution in [3.05, 3.63) is 106 Å². The van der Waals surface area contributed by atoms with Crippen LogP contribution in [0.15, 0.2) is 66.2 Å². The number of likely N-dealkylation sites (tertiary alicyclic amines) is 1. The lowest BCUT2D eigenvalue weighted by Gasteiger charge is -2.42. The number of benzene rings is 3. The van der Waals surface area contributed by atoms with Gasteiger partial charge in [0.2, 0.25) is 17.7 Å². The number of hydrogen-bond acceptors (Lipinski definition) is 12. The van der Waals surface area contributed by atoms with Gasteiger partial charge in [0.25, 0.3) is 0 Å². The van der Waals surface area contributed by atoms with Gasteiger partial charge in [-0.1, -0.05) is 70.2 Å². The number of nitrogens with one attached hydrogen (secondary N) is 3. The summed E-state index contributed by atoms with van der Waals surface area (Å²) in [4.78, 5) is 64.2. The number of aromatic amines is 1. The summed E-state index contributed by atoms with van der Waals surface area (Å²) in [6, 6.07) is 14.7. The molecule has 1 saturated heterocycles. The van der Waals surface area contributed by atoms with Crippen LogP contribution in [0.3, 0.4) is 0 Å². The number of amides is 3. The maximum Gasteiger partial charge on any atom is 0.307 e. The van der Waals surface area contributed by atoms with Gasteiger partial charge < -0.3 is 49.7 Å². The molecule has 2 aliphatic heterocycles. The zero-order valence-corrected chi connectivity index (χ0v) is 41.8. The Morgan fingerprint density at radius 3 is 2.27 bits per heavy atom. The van der Waals surface area contributed by atoms with Gasteiger partial charge in [-0.05, 0) is 48.4 Å². The summed E-state index contributed by atoms with van der Waals surface area (Å²) >= 11 is 1.56. The van der Waals surface area contributed by atoms with Crippen LogP contribution >= 0.6 is 11.3 Å². The van der Waals surface area contributed by atoms with E-state index in [0.29, 0.717) is 12.1 Å². The first-order chi connectivity index (χ1) is 33.9. The molecule has 5 aromatic rings. The second-order valence-electron chi connectivity index (χ2n) is 19.3.